The fourth-order valence-electron chi connectivity index (χ4n) is 1.77. The number of ether oxygens (including phenoxy) is 1. The Morgan fingerprint density at radius 3 is 2.09 bits per heavy atom. The van der Waals surface area contributed by atoms with Gasteiger partial charge in [-0.1, -0.05) is 11.6 Å². The third kappa shape index (κ3) is 4.01. The van der Waals surface area contributed by atoms with Crippen molar-refractivity contribution in [3.63, 3.8) is 0 Å². The Hall–Kier alpha value is -2.54. The number of rotatable bonds is 4. The summed E-state index contributed by atoms with van der Waals surface area (Å²) in [5.74, 6) is -3.57. The number of benzene rings is 2. The van der Waals surface area contributed by atoms with Gasteiger partial charge in [0.2, 0.25) is 0 Å². The zero-order valence-electron chi connectivity index (χ0n) is 11.2. The number of hydrogen-bond donors (Lipinski definition) is 1. The molecule has 0 unspecified atom stereocenters. The number of alkyl halides is 3. The molecule has 2 rings (SSSR count). The van der Waals surface area contributed by atoms with Crippen LogP contribution < -0.4 is 4.74 Å². The minimum atomic E-state index is -4.90. The molecule has 2 aromatic rings. The van der Waals surface area contributed by atoms with Crippen LogP contribution in [0.5, 0.6) is 11.5 Å². The van der Waals surface area contributed by atoms with Crippen LogP contribution in [0.15, 0.2) is 42.5 Å². The van der Waals surface area contributed by atoms with E-state index in [0.717, 1.165) is 12.1 Å². The number of ketones is 1. The van der Waals surface area contributed by atoms with Crippen molar-refractivity contribution in [1.29, 1.82) is 0 Å². The van der Waals surface area contributed by atoms with Crippen LogP contribution in [0.3, 0.4) is 0 Å². The van der Waals surface area contributed by atoms with Crippen molar-refractivity contribution in [1.82, 2.24) is 0 Å². The SMILES string of the molecule is O=C(O)C(=O)c1ccc(Oc2ccc(Cl)cc2)cc1C(F)(F)F. The van der Waals surface area contributed by atoms with Gasteiger partial charge in [-0.3, -0.25) is 4.79 Å². The maximum atomic E-state index is 13.0. The Bertz CT molecular complexity index is 754. The van der Waals surface area contributed by atoms with Crippen LogP contribution in [0.1, 0.15) is 15.9 Å². The summed E-state index contributed by atoms with van der Waals surface area (Å²) in [6, 6.07) is 8.31. The van der Waals surface area contributed by atoms with E-state index in [1.54, 1.807) is 0 Å². The second kappa shape index (κ2) is 6.29. The van der Waals surface area contributed by atoms with Crippen molar-refractivity contribution in [3.8, 4) is 11.5 Å². The molecule has 0 aromatic heterocycles. The minimum Gasteiger partial charge on any atom is -0.475 e. The number of carboxylic acids is 1. The number of carbonyl (C=O) groups excluding carboxylic acids is 1. The first-order valence-electron chi connectivity index (χ1n) is 6.11. The summed E-state index contributed by atoms with van der Waals surface area (Å²) in [5.41, 5.74) is -2.33. The van der Waals surface area contributed by atoms with Gasteiger partial charge < -0.3 is 9.84 Å². The lowest BCUT2D eigenvalue weighted by molar-refractivity contribution is -0.138. The van der Waals surface area contributed by atoms with Gasteiger partial charge in [-0.25, -0.2) is 4.79 Å². The zero-order valence-corrected chi connectivity index (χ0v) is 12.0. The topological polar surface area (TPSA) is 63.6 Å². The van der Waals surface area contributed by atoms with Crippen LogP contribution in [-0.4, -0.2) is 16.9 Å². The normalized spacial score (nSPS) is 11.1. The molecule has 2 aromatic carbocycles. The maximum Gasteiger partial charge on any atom is 0.417 e. The number of aliphatic carboxylic acids is 1. The molecule has 0 spiro atoms. The first kappa shape index (κ1) is 16.8. The highest BCUT2D eigenvalue weighted by atomic mass is 35.5. The molecular formula is C15H8ClF3O4. The quantitative estimate of drug-likeness (QED) is 0.658. The van der Waals surface area contributed by atoms with E-state index in [9.17, 15) is 22.8 Å². The van der Waals surface area contributed by atoms with Gasteiger partial charge in [0.25, 0.3) is 5.78 Å². The molecule has 4 nitrogen and oxygen atoms in total. The van der Waals surface area contributed by atoms with E-state index in [-0.39, 0.29) is 11.5 Å². The molecule has 0 bridgehead atoms. The van der Waals surface area contributed by atoms with Gasteiger partial charge in [-0.05, 0) is 42.5 Å². The molecule has 120 valence electrons. The van der Waals surface area contributed by atoms with Crippen LogP contribution in [0, 0.1) is 0 Å². The van der Waals surface area contributed by atoms with E-state index >= 15 is 0 Å². The van der Waals surface area contributed by atoms with Gasteiger partial charge in [0, 0.05) is 10.6 Å². The van der Waals surface area contributed by atoms with Gasteiger partial charge in [-0.2, -0.15) is 13.2 Å². The third-order valence-corrected chi connectivity index (χ3v) is 3.04. The monoisotopic (exact) mass is 344 g/mol. The molecule has 0 saturated carbocycles. The summed E-state index contributed by atoms with van der Waals surface area (Å²) in [5, 5.41) is 9.02. The highest BCUT2D eigenvalue weighted by molar-refractivity contribution is 6.40. The molecule has 23 heavy (non-hydrogen) atoms. The van der Waals surface area contributed by atoms with Crippen LogP contribution >= 0.6 is 11.6 Å². The van der Waals surface area contributed by atoms with Gasteiger partial charge >= 0.3 is 12.1 Å². The molecule has 0 radical (unpaired) electrons. The molecule has 0 aliphatic rings. The molecule has 0 heterocycles. The predicted molar refractivity (Wildman–Crippen MR) is 74.9 cm³/mol. The molecule has 0 aliphatic heterocycles. The lowest BCUT2D eigenvalue weighted by Crippen LogP contribution is -2.19. The van der Waals surface area contributed by atoms with E-state index in [4.69, 9.17) is 21.4 Å². The molecule has 0 fully saturated rings. The molecular weight excluding hydrogens is 337 g/mol. The van der Waals surface area contributed by atoms with Crippen molar-refractivity contribution >= 4 is 23.4 Å². The molecule has 0 atom stereocenters. The van der Waals surface area contributed by atoms with Gasteiger partial charge in [0.15, 0.2) is 0 Å². The van der Waals surface area contributed by atoms with E-state index < -0.39 is 29.1 Å². The summed E-state index contributed by atoms with van der Waals surface area (Å²) in [6.07, 6.45) is -4.90. The Morgan fingerprint density at radius 1 is 1.00 bits per heavy atom. The molecule has 8 heteroatoms. The number of Topliss-reactive ketones (excluding diaryl/α,β-unsaturated/α-hetero) is 1. The van der Waals surface area contributed by atoms with Crippen molar-refractivity contribution in [2.75, 3.05) is 0 Å². The first-order chi connectivity index (χ1) is 10.7. The molecule has 1 N–H and O–H groups in total. The van der Waals surface area contributed by atoms with Crippen molar-refractivity contribution in [3.05, 3.63) is 58.6 Å². The standard InChI is InChI=1S/C15H8ClF3O4/c16-8-1-3-9(4-2-8)23-10-5-6-11(13(20)14(21)22)12(7-10)15(17,18)19/h1-7H,(H,21,22). The highest BCUT2D eigenvalue weighted by Crippen LogP contribution is 2.36. The fraction of sp³-hybridized carbons (Fsp3) is 0.0667. The average Bonchev–Trinajstić information content (AvgIpc) is 2.48. The highest BCUT2D eigenvalue weighted by Gasteiger charge is 2.37. The average molecular weight is 345 g/mol. The summed E-state index contributed by atoms with van der Waals surface area (Å²) < 4.78 is 44.3. The van der Waals surface area contributed by atoms with E-state index in [1.807, 2.05) is 0 Å². The Balaban J connectivity index is 2.42. The van der Waals surface area contributed by atoms with Gasteiger partial charge in [-0.15, -0.1) is 0 Å². The Morgan fingerprint density at radius 2 is 1.57 bits per heavy atom. The Kier molecular flexibility index (Phi) is 4.60. The maximum absolute atomic E-state index is 13.0. The Labute approximate surface area is 133 Å². The summed E-state index contributed by atoms with van der Waals surface area (Å²) in [7, 11) is 0. The van der Waals surface area contributed by atoms with Crippen molar-refractivity contribution in [2.24, 2.45) is 0 Å². The number of carboxylic acid groups (broad SMARTS) is 1. The third-order valence-electron chi connectivity index (χ3n) is 2.78. The van der Waals surface area contributed by atoms with E-state index in [2.05, 4.69) is 0 Å². The second-order valence-electron chi connectivity index (χ2n) is 4.40. The summed E-state index contributed by atoms with van der Waals surface area (Å²) in [6.45, 7) is 0. The molecule has 0 aliphatic carbocycles. The van der Waals surface area contributed by atoms with Gasteiger partial charge in [0.1, 0.15) is 11.5 Å². The lowest BCUT2D eigenvalue weighted by Gasteiger charge is -2.13. The van der Waals surface area contributed by atoms with Gasteiger partial charge in [0.05, 0.1) is 5.56 Å². The van der Waals surface area contributed by atoms with E-state index in [1.165, 1.54) is 24.3 Å². The van der Waals surface area contributed by atoms with Crippen LogP contribution in [0.25, 0.3) is 0 Å². The zero-order chi connectivity index (χ0) is 17.2. The lowest BCUT2D eigenvalue weighted by atomic mass is 10.0. The van der Waals surface area contributed by atoms with Crippen LogP contribution in [0.2, 0.25) is 5.02 Å². The molecule has 0 amide bonds. The van der Waals surface area contributed by atoms with Crippen LogP contribution in [-0.2, 0) is 11.0 Å². The summed E-state index contributed by atoms with van der Waals surface area (Å²) in [4.78, 5) is 22.0. The second-order valence-corrected chi connectivity index (χ2v) is 4.83. The summed E-state index contributed by atoms with van der Waals surface area (Å²) >= 11 is 5.69. The fourth-order valence-corrected chi connectivity index (χ4v) is 1.90. The van der Waals surface area contributed by atoms with Crippen LogP contribution in [0.4, 0.5) is 13.2 Å². The van der Waals surface area contributed by atoms with Crippen molar-refractivity contribution in [2.45, 2.75) is 6.18 Å². The molecule has 0 saturated heterocycles. The predicted octanol–water partition coefficient (Wildman–Crippen LogP) is 4.42. The first-order valence-corrected chi connectivity index (χ1v) is 6.48. The van der Waals surface area contributed by atoms with Crippen molar-refractivity contribution < 1.29 is 32.6 Å². The largest absolute Gasteiger partial charge is 0.475 e. The van der Waals surface area contributed by atoms with E-state index in [0.29, 0.717) is 11.1 Å². The number of halogens is 4. The number of carbonyl (C=O) groups is 2. The number of hydrogen-bond acceptors (Lipinski definition) is 3. The smallest absolute Gasteiger partial charge is 0.417 e. The minimum absolute atomic E-state index is 0.193.